The van der Waals surface area contributed by atoms with E-state index >= 15 is 0 Å². The van der Waals surface area contributed by atoms with Crippen molar-refractivity contribution in [3.05, 3.63) is 65.7 Å². The molecule has 0 radical (unpaired) electrons. The molecule has 2 aromatic rings. The summed E-state index contributed by atoms with van der Waals surface area (Å²) < 4.78 is 5.13. The minimum atomic E-state index is -0.179. The Morgan fingerprint density at radius 2 is 1.62 bits per heavy atom. The first-order valence-corrected chi connectivity index (χ1v) is 9.88. The zero-order chi connectivity index (χ0) is 20.6. The van der Waals surface area contributed by atoms with Crippen LogP contribution in [0.5, 0.6) is 5.75 Å². The van der Waals surface area contributed by atoms with E-state index in [2.05, 4.69) is 5.32 Å². The molecule has 2 aromatic carbocycles. The summed E-state index contributed by atoms with van der Waals surface area (Å²) in [5.74, 6) is 0.609. The Balaban J connectivity index is 1.42. The van der Waals surface area contributed by atoms with Gasteiger partial charge in [-0.1, -0.05) is 18.2 Å². The third-order valence-electron chi connectivity index (χ3n) is 5.25. The van der Waals surface area contributed by atoms with Gasteiger partial charge in [0.15, 0.2) is 5.78 Å². The molecule has 6 nitrogen and oxygen atoms in total. The highest BCUT2D eigenvalue weighted by atomic mass is 16.5. The van der Waals surface area contributed by atoms with Crippen LogP contribution in [-0.2, 0) is 4.79 Å². The van der Waals surface area contributed by atoms with Crippen molar-refractivity contribution in [1.29, 1.82) is 0 Å². The number of nitrogens with one attached hydrogen (secondary N) is 1. The minimum absolute atomic E-state index is 0.00806. The van der Waals surface area contributed by atoms with Gasteiger partial charge in [0.25, 0.3) is 5.91 Å². The number of benzene rings is 2. The van der Waals surface area contributed by atoms with Crippen LogP contribution in [0.4, 0.5) is 0 Å². The maximum Gasteiger partial charge on any atom is 0.251 e. The van der Waals surface area contributed by atoms with Crippen molar-refractivity contribution in [3.63, 3.8) is 0 Å². The van der Waals surface area contributed by atoms with E-state index in [0.29, 0.717) is 43.6 Å². The highest BCUT2D eigenvalue weighted by Gasteiger charge is 2.27. The Kier molecular flexibility index (Phi) is 7.00. The molecule has 0 bridgehead atoms. The van der Waals surface area contributed by atoms with Crippen molar-refractivity contribution in [3.8, 4) is 5.75 Å². The average Bonchev–Trinajstić information content (AvgIpc) is 2.79. The molecule has 1 fully saturated rings. The van der Waals surface area contributed by atoms with Crippen molar-refractivity contribution < 1.29 is 19.1 Å². The highest BCUT2D eigenvalue weighted by Crippen LogP contribution is 2.23. The Hall–Kier alpha value is -3.15. The summed E-state index contributed by atoms with van der Waals surface area (Å²) in [6, 6.07) is 16.1. The second-order valence-corrected chi connectivity index (χ2v) is 7.12. The van der Waals surface area contributed by atoms with Gasteiger partial charge in [-0.15, -0.1) is 0 Å². The Labute approximate surface area is 170 Å². The molecule has 1 aliphatic heterocycles. The average molecular weight is 394 g/mol. The molecule has 6 heteroatoms. The van der Waals surface area contributed by atoms with Crippen molar-refractivity contribution >= 4 is 17.6 Å². The van der Waals surface area contributed by atoms with Gasteiger partial charge in [-0.05, 0) is 49.2 Å². The van der Waals surface area contributed by atoms with Crippen LogP contribution in [0.2, 0.25) is 0 Å². The zero-order valence-corrected chi connectivity index (χ0v) is 16.6. The number of ketones is 1. The first-order chi connectivity index (χ1) is 14.1. The maximum atomic E-state index is 12.7. The fourth-order valence-corrected chi connectivity index (χ4v) is 3.51. The fourth-order valence-electron chi connectivity index (χ4n) is 3.51. The van der Waals surface area contributed by atoms with Gasteiger partial charge in [0.1, 0.15) is 5.75 Å². The minimum Gasteiger partial charge on any atom is -0.497 e. The molecule has 0 spiro atoms. The SMILES string of the molecule is COc1ccc(C(=O)C2CCN(C(=O)CCNC(=O)c3ccccc3)CC2)cc1. The lowest BCUT2D eigenvalue weighted by Crippen LogP contribution is -2.41. The molecule has 29 heavy (non-hydrogen) atoms. The third kappa shape index (κ3) is 5.44. The quantitative estimate of drug-likeness (QED) is 0.733. The number of ether oxygens (including phenoxy) is 1. The number of carbonyl (C=O) groups is 3. The first-order valence-electron chi connectivity index (χ1n) is 9.88. The molecule has 1 N–H and O–H groups in total. The van der Waals surface area contributed by atoms with Crippen molar-refractivity contribution in [2.24, 2.45) is 5.92 Å². The van der Waals surface area contributed by atoms with E-state index in [1.54, 1.807) is 60.5 Å². The van der Waals surface area contributed by atoms with Crippen LogP contribution in [0.1, 0.15) is 40.0 Å². The summed E-state index contributed by atoms with van der Waals surface area (Å²) in [4.78, 5) is 38.9. The molecule has 3 rings (SSSR count). The van der Waals surface area contributed by atoms with Crippen LogP contribution >= 0.6 is 0 Å². The van der Waals surface area contributed by atoms with Gasteiger partial charge in [0.2, 0.25) is 5.91 Å². The molecule has 0 aliphatic carbocycles. The lowest BCUT2D eigenvalue weighted by molar-refractivity contribution is -0.132. The summed E-state index contributed by atoms with van der Waals surface area (Å²) in [5, 5.41) is 2.78. The van der Waals surface area contributed by atoms with Crippen molar-refractivity contribution in [1.82, 2.24) is 10.2 Å². The maximum absolute atomic E-state index is 12.7. The van der Waals surface area contributed by atoms with Crippen LogP contribution in [0, 0.1) is 5.92 Å². The standard InChI is InChI=1S/C23H26N2O4/c1-29-20-9-7-17(8-10-20)22(27)18-12-15-25(16-13-18)21(26)11-14-24-23(28)19-5-3-2-4-6-19/h2-10,18H,11-16H2,1H3,(H,24,28). The molecular formula is C23H26N2O4. The summed E-state index contributed by atoms with van der Waals surface area (Å²) >= 11 is 0. The van der Waals surface area contributed by atoms with E-state index in [4.69, 9.17) is 4.74 Å². The fraction of sp³-hybridized carbons (Fsp3) is 0.348. The molecule has 0 aromatic heterocycles. The summed E-state index contributed by atoms with van der Waals surface area (Å²) in [7, 11) is 1.59. The highest BCUT2D eigenvalue weighted by molar-refractivity contribution is 5.98. The van der Waals surface area contributed by atoms with Gasteiger partial charge in [-0.25, -0.2) is 0 Å². The van der Waals surface area contributed by atoms with Gasteiger partial charge >= 0.3 is 0 Å². The summed E-state index contributed by atoms with van der Waals surface area (Å²) in [6.45, 7) is 1.44. The smallest absolute Gasteiger partial charge is 0.251 e. The second-order valence-electron chi connectivity index (χ2n) is 7.12. The Morgan fingerprint density at radius 3 is 2.24 bits per heavy atom. The Morgan fingerprint density at radius 1 is 0.966 bits per heavy atom. The molecule has 0 unspecified atom stereocenters. The largest absolute Gasteiger partial charge is 0.497 e. The number of methoxy groups -OCH3 is 1. The van der Waals surface area contributed by atoms with E-state index in [9.17, 15) is 14.4 Å². The number of piperidine rings is 1. The molecule has 152 valence electrons. The molecule has 1 aliphatic rings. The number of carbonyl (C=O) groups excluding carboxylic acids is 3. The summed E-state index contributed by atoms with van der Waals surface area (Å²) in [5.41, 5.74) is 1.26. The van der Waals surface area contributed by atoms with Gasteiger partial charge < -0.3 is 15.0 Å². The molecular weight excluding hydrogens is 368 g/mol. The number of nitrogens with zero attached hydrogens (tertiary/aromatic N) is 1. The van der Waals surface area contributed by atoms with Crippen LogP contribution in [-0.4, -0.2) is 49.2 Å². The van der Waals surface area contributed by atoms with Crippen molar-refractivity contribution in [2.45, 2.75) is 19.3 Å². The van der Waals surface area contributed by atoms with E-state index < -0.39 is 0 Å². The Bertz CT molecular complexity index is 841. The lowest BCUT2D eigenvalue weighted by atomic mass is 9.89. The molecule has 0 saturated carbocycles. The number of hydrogen-bond acceptors (Lipinski definition) is 4. The number of Topliss-reactive ketones (excluding diaryl/α,β-unsaturated/α-hetero) is 1. The zero-order valence-electron chi connectivity index (χ0n) is 16.6. The molecule has 2 amide bonds. The predicted octanol–water partition coefficient (Wildman–Crippen LogP) is 2.94. The second kappa shape index (κ2) is 9.87. The third-order valence-corrected chi connectivity index (χ3v) is 5.25. The van der Waals surface area contributed by atoms with E-state index in [1.165, 1.54) is 0 Å². The van der Waals surface area contributed by atoms with E-state index in [-0.39, 0.29) is 29.9 Å². The lowest BCUT2D eigenvalue weighted by Gasteiger charge is -2.31. The predicted molar refractivity (Wildman–Crippen MR) is 110 cm³/mol. The van der Waals surface area contributed by atoms with Gasteiger partial charge in [0.05, 0.1) is 7.11 Å². The number of amides is 2. The van der Waals surface area contributed by atoms with Crippen LogP contribution < -0.4 is 10.1 Å². The number of hydrogen-bond donors (Lipinski definition) is 1. The normalized spacial score (nSPS) is 14.3. The topological polar surface area (TPSA) is 75.7 Å². The monoisotopic (exact) mass is 394 g/mol. The van der Waals surface area contributed by atoms with Crippen LogP contribution in [0.25, 0.3) is 0 Å². The van der Waals surface area contributed by atoms with E-state index in [1.807, 2.05) is 6.07 Å². The van der Waals surface area contributed by atoms with Crippen molar-refractivity contribution in [2.75, 3.05) is 26.7 Å². The van der Waals surface area contributed by atoms with Crippen LogP contribution in [0.3, 0.4) is 0 Å². The molecule has 1 heterocycles. The van der Waals surface area contributed by atoms with E-state index in [0.717, 1.165) is 5.75 Å². The number of likely N-dealkylation sites (tertiary alicyclic amines) is 1. The van der Waals surface area contributed by atoms with Gasteiger partial charge in [-0.3, -0.25) is 14.4 Å². The van der Waals surface area contributed by atoms with Crippen LogP contribution in [0.15, 0.2) is 54.6 Å². The number of rotatable bonds is 7. The molecule has 1 saturated heterocycles. The molecule has 0 atom stereocenters. The van der Waals surface area contributed by atoms with Gasteiger partial charge in [-0.2, -0.15) is 0 Å². The first kappa shape index (κ1) is 20.6. The summed E-state index contributed by atoms with van der Waals surface area (Å²) in [6.07, 6.45) is 1.58. The van der Waals surface area contributed by atoms with Gasteiger partial charge in [0, 0.05) is 43.1 Å².